The van der Waals surface area contributed by atoms with Crippen molar-refractivity contribution >= 4 is 21.8 Å². The van der Waals surface area contributed by atoms with Gasteiger partial charge < -0.3 is 10.6 Å². The number of halogens is 4. The second-order valence-corrected chi connectivity index (χ2v) is 8.05. The Morgan fingerprint density at radius 3 is 2.19 bits per heavy atom. The van der Waals surface area contributed by atoms with Crippen molar-refractivity contribution < 1.29 is 35.6 Å². The highest BCUT2D eigenvalue weighted by Gasteiger charge is 2.37. The average Bonchev–Trinajstić information content (AvgIpc) is 2.70. The van der Waals surface area contributed by atoms with E-state index in [1.165, 1.54) is 18.2 Å². The summed E-state index contributed by atoms with van der Waals surface area (Å²) in [6.07, 6.45) is -4.90. The number of sulfonamides is 1. The van der Waals surface area contributed by atoms with Crippen LogP contribution in [-0.2, 0) is 21.0 Å². The summed E-state index contributed by atoms with van der Waals surface area (Å²) in [6.45, 7) is 0.945. The number of hydrogen-bond donors (Lipinski definition) is 3. The van der Waals surface area contributed by atoms with Crippen LogP contribution in [0.4, 0.5) is 17.6 Å². The fourth-order valence-electron chi connectivity index (χ4n) is 2.54. The number of carbonyl (C=O) groups is 2. The summed E-state index contributed by atoms with van der Waals surface area (Å²) in [4.78, 5) is 22.9. The molecule has 3 N–H and O–H groups in total. The Balaban J connectivity index is 1.91. The molecule has 168 valence electrons. The summed E-state index contributed by atoms with van der Waals surface area (Å²) in [6, 6.07) is 7.48. The average molecular weight is 461 g/mol. The third-order valence-corrected chi connectivity index (χ3v) is 5.63. The molecule has 0 fully saturated rings. The molecule has 12 heteroatoms. The molecule has 0 aliphatic rings. The van der Waals surface area contributed by atoms with Gasteiger partial charge in [0, 0.05) is 13.1 Å². The molecule has 0 aliphatic carbocycles. The first-order valence-electron chi connectivity index (χ1n) is 8.92. The van der Waals surface area contributed by atoms with Crippen molar-refractivity contribution in [2.45, 2.75) is 24.0 Å². The summed E-state index contributed by atoms with van der Waals surface area (Å²) in [5.74, 6) is -2.25. The van der Waals surface area contributed by atoms with Gasteiger partial charge in [0.15, 0.2) is 0 Å². The van der Waals surface area contributed by atoms with Gasteiger partial charge in [-0.05, 0) is 31.2 Å². The molecule has 0 saturated heterocycles. The third-order valence-electron chi connectivity index (χ3n) is 4.04. The first kappa shape index (κ1) is 24.3. The summed E-state index contributed by atoms with van der Waals surface area (Å²) in [7, 11) is -4.65. The van der Waals surface area contributed by atoms with Crippen LogP contribution in [0.1, 0.15) is 22.8 Å². The topological polar surface area (TPSA) is 104 Å². The van der Waals surface area contributed by atoms with Crippen LogP contribution in [0.3, 0.4) is 0 Å². The second-order valence-electron chi connectivity index (χ2n) is 6.36. The van der Waals surface area contributed by atoms with E-state index in [4.69, 9.17) is 0 Å². The summed E-state index contributed by atoms with van der Waals surface area (Å²) in [5.41, 5.74) is -1.54. The predicted octanol–water partition coefficient (Wildman–Crippen LogP) is 2.06. The number of carbonyl (C=O) groups excluding carboxylic acids is 2. The Hall–Kier alpha value is -2.99. The van der Waals surface area contributed by atoms with Crippen molar-refractivity contribution in [2.24, 2.45) is 0 Å². The van der Waals surface area contributed by atoms with E-state index in [0.717, 1.165) is 31.2 Å². The van der Waals surface area contributed by atoms with Crippen LogP contribution < -0.4 is 15.4 Å². The Morgan fingerprint density at radius 2 is 1.55 bits per heavy atom. The van der Waals surface area contributed by atoms with Crippen LogP contribution in [-0.4, -0.2) is 39.4 Å². The fraction of sp³-hybridized carbons (Fsp3) is 0.263. The molecule has 0 aromatic heterocycles. The lowest BCUT2D eigenvalue weighted by Crippen LogP contribution is -2.46. The van der Waals surface area contributed by atoms with Crippen LogP contribution >= 0.6 is 0 Å². The first-order chi connectivity index (χ1) is 14.4. The van der Waals surface area contributed by atoms with Crippen LogP contribution in [0.2, 0.25) is 0 Å². The Bertz CT molecular complexity index is 1060. The number of rotatable bonds is 8. The normalized spacial score (nSPS) is 12.8. The van der Waals surface area contributed by atoms with Gasteiger partial charge in [0.2, 0.25) is 15.9 Å². The molecule has 0 aliphatic heterocycles. The van der Waals surface area contributed by atoms with Crippen LogP contribution in [0, 0.1) is 5.82 Å². The van der Waals surface area contributed by atoms with Crippen molar-refractivity contribution in [2.75, 3.05) is 13.1 Å². The maximum atomic E-state index is 13.5. The molecule has 2 rings (SSSR count). The standard InChI is InChI=1S/C19H19F4N3O4S/c1-12(26-31(29,30)16-9-5-3-7-14(16)19(21,22)23)17(27)24-10-11-25-18(28)13-6-2-4-8-15(13)20/h2-9,12,26H,10-11H2,1H3,(H,24,27)(H,25,28)/t12-/m0/s1. The van der Waals surface area contributed by atoms with Crippen molar-refractivity contribution in [1.29, 1.82) is 0 Å². The van der Waals surface area contributed by atoms with Crippen molar-refractivity contribution in [3.63, 3.8) is 0 Å². The minimum atomic E-state index is -4.90. The number of alkyl halides is 3. The molecule has 2 amide bonds. The number of amides is 2. The van der Waals surface area contributed by atoms with E-state index in [2.05, 4.69) is 10.6 Å². The van der Waals surface area contributed by atoms with E-state index < -0.39 is 50.3 Å². The zero-order valence-corrected chi connectivity index (χ0v) is 17.0. The van der Waals surface area contributed by atoms with Gasteiger partial charge in [-0.15, -0.1) is 0 Å². The predicted molar refractivity (Wildman–Crippen MR) is 103 cm³/mol. The van der Waals surface area contributed by atoms with Gasteiger partial charge in [-0.25, -0.2) is 12.8 Å². The molecule has 0 unspecified atom stereocenters. The van der Waals surface area contributed by atoms with Gasteiger partial charge >= 0.3 is 6.18 Å². The zero-order valence-electron chi connectivity index (χ0n) is 16.2. The largest absolute Gasteiger partial charge is 0.417 e. The monoisotopic (exact) mass is 461 g/mol. The van der Waals surface area contributed by atoms with E-state index in [1.807, 2.05) is 4.72 Å². The van der Waals surface area contributed by atoms with Gasteiger partial charge in [-0.3, -0.25) is 9.59 Å². The van der Waals surface area contributed by atoms with Crippen molar-refractivity contribution in [3.8, 4) is 0 Å². The summed E-state index contributed by atoms with van der Waals surface area (Å²) >= 11 is 0. The molecule has 0 spiro atoms. The zero-order chi connectivity index (χ0) is 23.2. The SMILES string of the molecule is C[C@H](NS(=O)(=O)c1ccccc1C(F)(F)F)C(=O)NCCNC(=O)c1ccccc1F. The van der Waals surface area contributed by atoms with Crippen LogP contribution in [0.5, 0.6) is 0 Å². The molecular formula is C19H19F4N3O4S. The molecule has 0 radical (unpaired) electrons. The maximum Gasteiger partial charge on any atom is 0.417 e. The summed E-state index contributed by atoms with van der Waals surface area (Å²) < 4.78 is 79.3. The first-order valence-corrected chi connectivity index (χ1v) is 10.4. The quantitative estimate of drug-likeness (QED) is 0.414. The fourth-order valence-corrected chi connectivity index (χ4v) is 3.97. The number of benzene rings is 2. The maximum absolute atomic E-state index is 13.5. The molecule has 31 heavy (non-hydrogen) atoms. The highest BCUT2D eigenvalue weighted by atomic mass is 32.2. The van der Waals surface area contributed by atoms with Gasteiger partial charge in [-0.2, -0.15) is 17.9 Å². The third kappa shape index (κ3) is 6.49. The highest BCUT2D eigenvalue weighted by Crippen LogP contribution is 2.33. The van der Waals surface area contributed by atoms with Gasteiger partial charge in [0.1, 0.15) is 5.82 Å². The molecule has 2 aromatic rings. The van der Waals surface area contributed by atoms with Gasteiger partial charge in [-0.1, -0.05) is 24.3 Å². The second kappa shape index (κ2) is 9.88. The van der Waals surface area contributed by atoms with E-state index in [-0.39, 0.29) is 18.7 Å². The minimum absolute atomic E-state index is 0.0880. The molecular weight excluding hydrogens is 442 g/mol. The Morgan fingerprint density at radius 1 is 0.968 bits per heavy atom. The molecule has 0 heterocycles. The lowest BCUT2D eigenvalue weighted by Gasteiger charge is -2.17. The molecule has 7 nitrogen and oxygen atoms in total. The van der Waals surface area contributed by atoms with E-state index in [9.17, 15) is 35.6 Å². The van der Waals surface area contributed by atoms with Gasteiger partial charge in [0.25, 0.3) is 5.91 Å². The summed E-state index contributed by atoms with van der Waals surface area (Å²) in [5, 5.41) is 4.70. The molecule has 2 aromatic carbocycles. The number of hydrogen-bond acceptors (Lipinski definition) is 4. The molecule has 0 saturated carbocycles. The van der Waals surface area contributed by atoms with Crippen molar-refractivity contribution in [3.05, 3.63) is 65.5 Å². The minimum Gasteiger partial charge on any atom is -0.353 e. The van der Waals surface area contributed by atoms with Crippen LogP contribution in [0.25, 0.3) is 0 Å². The Kier molecular flexibility index (Phi) is 7.74. The Labute approximate surface area is 175 Å². The lowest BCUT2D eigenvalue weighted by molar-refractivity contribution is -0.139. The highest BCUT2D eigenvalue weighted by molar-refractivity contribution is 7.89. The molecule has 1 atom stereocenters. The lowest BCUT2D eigenvalue weighted by atomic mass is 10.2. The molecule has 0 bridgehead atoms. The van der Waals surface area contributed by atoms with E-state index >= 15 is 0 Å². The van der Waals surface area contributed by atoms with Gasteiger partial charge in [0.05, 0.1) is 22.1 Å². The smallest absolute Gasteiger partial charge is 0.353 e. The van der Waals surface area contributed by atoms with E-state index in [1.54, 1.807) is 0 Å². The van der Waals surface area contributed by atoms with E-state index in [0.29, 0.717) is 6.07 Å². The van der Waals surface area contributed by atoms with Crippen molar-refractivity contribution in [1.82, 2.24) is 15.4 Å². The van der Waals surface area contributed by atoms with Crippen LogP contribution in [0.15, 0.2) is 53.4 Å². The number of nitrogens with one attached hydrogen (secondary N) is 3.